The van der Waals surface area contributed by atoms with Crippen LogP contribution in [-0.4, -0.2) is 47.9 Å². The van der Waals surface area contributed by atoms with Crippen molar-refractivity contribution in [2.24, 2.45) is 5.92 Å². The molecule has 0 spiro atoms. The van der Waals surface area contributed by atoms with Gasteiger partial charge >= 0.3 is 5.97 Å². The van der Waals surface area contributed by atoms with Crippen molar-refractivity contribution in [3.63, 3.8) is 0 Å². The summed E-state index contributed by atoms with van der Waals surface area (Å²) in [7, 11) is 0. The molecule has 1 fully saturated rings. The predicted octanol–water partition coefficient (Wildman–Crippen LogP) is 2.96. The predicted molar refractivity (Wildman–Crippen MR) is 150 cm³/mol. The van der Waals surface area contributed by atoms with E-state index in [0.29, 0.717) is 11.1 Å². The van der Waals surface area contributed by atoms with Gasteiger partial charge < -0.3 is 20.7 Å². The first-order valence-corrected chi connectivity index (χ1v) is 13.8. The van der Waals surface area contributed by atoms with Gasteiger partial charge in [-0.15, -0.1) is 0 Å². The highest BCUT2D eigenvalue weighted by Gasteiger charge is 2.33. The van der Waals surface area contributed by atoms with Gasteiger partial charge in [0.05, 0.1) is 18.1 Å². The average Bonchev–Trinajstić information content (AvgIpc) is 2.95. The fraction of sp³-hybridized carbons (Fsp3) is 0.452. The molecule has 0 bridgehead atoms. The van der Waals surface area contributed by atoms with E-state index in [2.05, 4.69) is 28.9 Å². The van der Waals surface area contributed by atoms with Crippen molar-refractivity contribution in [2.45, 2.75) is 83.5 Å². The quantitative estimate of drug-likeness (QED) is 0.436. The second-order valence-electron chi connectivity index (χ2n) is 10.4. The van der Waals surface area contributed by atoms with E-state index >= 15 is 0 Å². The van der Waals surface area contributed by atoms with Crippen LogP contribution in [0.25, 0.3) is 0 Å². The molecule has 3 amide bonds. The molecular weight excluding hydrogens is 508 g/mol. The number of rotatable bonds is 8. The second-order valence-corrected chi connectivity index (χ2v) is 10.4. The standard InChI is InChI=1S/C31H38N4O5/c1-4-5-11-20(2)27-18-28(36)34-25(17-23-14-9-10-15-24(23)19-32)30(38)33-21(3)29(37)35-26(31(39)40-27)16-22-12-7-6-8-13-22/h6-10,12-15,20-21,25-27H,4-5,11,16-18H2,1-3H3,(H,33,38)(H,34,36)(H,35,37)/t20-,21-,25-,26+,27-/m0/s1. The topological polar surface area (TPSA) is 137 Å². The van der Waals surface area contributed by atoms with Crippen LogP contribution in [-0.2, 0) is 36.8 Å². The van der Waals surface area contributed by atoms with Crippen LogP contribution in [0.2, 0.25) is 0 Å². The van der Waals surface area contributed by atoms with Crippen molar-refractivity contribution >= 4 is 23.7 Å². The number of benzene rings is 2. The summed E-state index contributed by atoms with van der Waals surface area (Å²) in [6, 6.07) is 15.2. The van der Waals surface area contributed by atoms with Crippen LogP contribution in [0.4, 0.5) is 0 Å². The maximum atomic E-state index is 13.4. The van der Waals surface area contributed by atoms with Gasteiger partial charge in [-0.3, -0.25) is 14.4 Å². The molecule has 3 rings (SSSR count). The number of unbranched alkanes of at least 4 members (excludes halogenated alkanes) is 1. The Kier molecular flexibility index (Phi) is 11.2. The third kappa shape index (κ3) is 8.67. The average molecular weight is 547 g/mol. The number of esters is 1. The molecule has 0 radical (unpaired) electrons. The van der Waals surface area contributed by atoms with Gasteiger partial charge in [-0.2, -0.15) is 5.26 Å². The van der Waals surface area contributed by atoms with Crippen molar-refractivity contribution in [2.75, 3.05) is 0 Å². The second kappa shape index (κ2) is 14.8. The first kappa shape index (κ1) is 30.4. The molecular formula is C31H38N4O5. The van der Waals surface area contributed by atoms with Crippen molar-refractivity contribution in [1.29, 1.82) is 5.26 Å². The normalized spacial score (nSPS) is 23.1. The van der Waals surface area contributed by atoms with E-state index in [-0.39, 0.29) is 25.2 Å². The van der Waals surface area contributed by atoms with Crippen LogP contribution in [0.15, 0.2) is 54.6 Å². The van der Waals surface area contributed by atoms with Crippen molar-refractivity contribution in [3.05, 3.63) is 71.3 Å². The molecule has 9 nitrogen and oxygen atoms in total. The first-order valence-electron chi connectivity index (χ1n) is 13.8. The summed E-state index contributed by atoms with van der Waals surface area (Å²) in [6.45, 7) is 5.50. The van der Waals surface area contributed by atoms with E-state index in [0.717, 1.165) is 24.8 Å². The molecule has 2 aromatic rings. The van der Waals surface area contributed by atoms with Gasteiger partial charge in [0, 0.05) is 12.8 Å². The van der Waals surface area contributed by atoms with Crippen LogP contribution in [0, 0.1) is 17.2 Å². The molecule has 1 aliphatic heterocycles. The van der Waals surface area contributed by atoms with Gasteiger partial charge in [0.1, 0.15) is 24.2 Å². The Hall–Kier alpha value is -4.19. The van der Waals surface area contributed by atoms with E-state index < -0.39 is 47.9 Å². The highest BCUT2D eigenvalue weighted by molar-refractivity contribution is 5.94. The van der Waals surface area contributed by atoms with Crippen molar-refractivity contribution in [1.82, 2.24) is 16.0 Å². The number of ether oxygens (including phenoxy) is 1. The molecule has 1 saturated heterocycles. The Morgan fingerprint density at radius 3 is 2.33 bits per heavy atom. The molecule has 1 aliphatic rings. The molecule has 0 aromatic heterocycles. The molecule has 2 aromatic carbocycles. The van der Waals surface area contributed by atoms with Crippen LogP contribution >= 0.6 is 0 Å². The lowest BCUT2D eigenvalue weighted by atomic mass is 9.94. The number of nitriles is 1. The molecule has 9 heteroatoms. The summed E-state index contributed by atoms with van der Waals surface area (Å²) in [5.41, 5.74) is 1.81. The number of hydrogen-bond acceptors (Lipinski definition) is 6. The lowest BCUT2D eigenvalue weighted by Crippen LogP contribution is -2.55. The Morgan fingerprint density at radius 2 is 1.62 bits per heavy atom. The molecule has 0 unspecified atom stereocenters. The Labute approximate surface area is 235 Å². The summed E-state index contributed by atoms with van der Waals surface area (Å²) in [6.07, 6.45) is 1.96. The van der Waals surface area contributed by atoms with Gasteiger partial charge in [0.15, 0.2) is 0 Å². The van der Waals surface area contributed by atoms with E-state index in [9.17, 15) is 24.4 Å². The van der Waals surface area contributed by atoms with E-state index in [1.165, 1.54) is 6.92 Å². The molecule has 0 saturated carbocycles. The zero-order valence-electron chi connectivity index (χ0n) is 23.3. The number of hydrogen-bond donors (Lipinski definition) is 3. The molecule has 3 N–H and O–H groups in total. The van der Waals surface area contributed by atoms with Crippen LogP contribution < -0.4 is 16.0 Å². The summed E-state index contributed by atoms with van der Waals surface area (Å²) in [5, 5.41) is 17.7. The van der Waals surface area contributed by atoms with Gasteiger partial charge in [-0.1, -0.05) is 75.2 Å². The van der Waals surface area contributed by atoms with Gasteiger partial charge in [-0.25, -0.2) is 4.79 Å². The number of cyclic esters (lactones) is 1. The maximum Gasteiger partial charge on any atom is 0.329 e. The Balaban J connectivity index is 1.93. The highest BCUT2D eigenvalue weighted by atomic mass is 16.5. The van der Waals surface area contributed by atoms with Crippen molar-refractivity contribution in [3.8, 4) is 6.07 Å². The molecule has 5 atom stereocenters. The smallest absolute Gasteiger partial charge is 0.329 e. The minimum atomic E-state index is -1.04. The van der Waals surface area contributed by atoms with Gasteiger partial charge in [0.2, 0.25) is 17.7 Å². The lowest BCUT2D eigenvalue weighted by Gasteiger charge is -2.27. The maximum absolute atomic E-state index is 13.4. The lowest BCUT2D eigenvalue weighted by molar-refractivity contribution is -0.157. The van der Waals surface area contributed by atoms with Crippen LogP contribution in [0.1, 0.15) is 63.1 Å². The summed E-state index contributed by atoms with van der Waals surface area (Å²) < 4.78 is 5.92. The Morgan fingerprint density at radius 1 is 0.925 bits per heavy atom. The minimum Gasteiger partial charge on any atom is -0.460 e. The largest absolute Gasteiger partial charge is 0.460 e. The van der Waals surface area contributed by atoms with E-state index in [1.54, 1.807) is 24.3 Å². The fourth-order valence-electron chi connectivity index (χ4n) is 4.69. The fourth-order valence-corrected chi connectivity index (χ4v) is 4.69. The zero-order valence-corrected chi connectivity index (χ0v) is 23.3. The van der Waals surface area contributed by atoms with Crippen LogP contribution in [0.5, 0.6) is 0 Å². The van der Waals surface area contributed by atoms with Crippen LogP contribution in [0.3, 0.4) is 0 Å². The third-order valence-electron chi connectivity index (χ3n) is 7.15. The van der Waals surface area contributed by atoms with Gasteiger partial charge in [-0.05, 0) is 36.5 Å². The summed E-state index contributed by atoms with van der Waals surface area (Å²) in [5.74, 6) is -2.33. The zero-order chi connectivity index (χ0) is 29.1. The number of carbonyl (C=O) groups is 4. The highest BCUT2D eigenvalue weighted by Crippen LogP contribution is 2.20. The van der Waals surface area contributed by atoms with E-state index in [4.69, 9.17) is 4.74 Å². The summed E-state index contributed by atoms with van der Waals surface area (Å²) in [4.78, 5) is 53.1. The third-order valence-corrected chi connectivity index (χ3v) is 7.15. The summed E-state index contributed by atoms with van der Waals surface area (Å²) >= 11 is 0. The monoisotopic (exact) mass is 546 g/mol. The van der Waals surface area contributed by atoms with Gasteiger partial charge in [0.25, 0.3) is 0 Å². The Bertz CT molecular complexity index is 1230. The number of nitrogens with one attached hydrogen (secondary N) is 3. The SMILES string of the molecule is CCCC[C@H](C)[C@@H]1CC(=O)N[C@@H](Cc2ccccc2C#N)C(=O)N[C@@H](C)C(=O)N[C@H](Cc2ccccc2)C(=O)O1. The number of nitrogens with zero attached hydrogens (tertiary/aromatic N) is 1. The first-order chi connectivity index (χ1) is 19.2. The minimum absolute atomic E-state index is 0.0577. The molecule has 0 aliphatic carbocycles. The number of amides is 3. The molecule has 1 heterocycles. The van der Waals surface area contributed by atoms with Crippen molar-refractivity contribution < 1.29 is 23.9 Å². The van der Waals surface area contributed by atoms with E-state index in [1.807, 2.05) is 37.3 Å². The molecule has 212 valence electrons. The number of carbonyl (C=O) groups excluding carboxylic acids is 4. The molecule has 40 heavy (non-hydrogen) atoms.